The maximum atomic E-state index is 13.4. The molecule has 0 fully saturated rings. The number of hydrogen-bond acceptors (Lipinski definition) is 7. The van der Waals surface area contributed by atoms with E-state index in [4.69, 9.17) is 19.6 Å². The van der Waals surface area contributed by atoms with Gasteiger partial charge in [0.25, 0.3) is 0 Å². The van der Waals surface area contributed by atoms with Gasteiger partial charge in [-0.05, 0) is 28.8 Å². The molecule has 3 aromatic carbocycles. The highest BCUT2D eigenvalue weighted by atomic mass is 16.5. The lowest BCUT2D eigenvalue weighted by atomic mass is 10.0. The van der Waals surface area contributed by atoms with Gasteiger partial charge in [0.1, 0.15) is 30.0 Å². The van der Waals surface area contributed by atoms with Crippen LogP contribution in [-0.4, -0.2) is 37.1 Å². The molecule has 0 aliphatic rings. The van der Waals surface area contributed by atoms with Crippen molar-refractivity contribution in [2.75, 3.05) is 7.11 Å². The molecule has 1 heterocycles. The number of fused-ring (bicyclic) bond motifs is 1. The third kappa shape index (κ3) is 7.47. The van der Waals surface area contributed by atoms with Crippen LogP contribution in [0.15, 0.2) is 94.1 Å². The van der Waals surface area contributed by atoms with E-state index in [1.807, 2.05) is 60.7 Å². The van der Waals surface area contributed by atoms with E-state index in [0.717, 1.165) is 11.1 Å². The Labute approximate surface area is 230 Å². The highest BCUT2D eigenvalue weighted by Gasteiger charge is 2.27. The molecule has 40 heavy (non-hydrogen) atoms. The van der Waals surface area contributed by atoms with Crippen molar-refractivity contribution in [2.45, 2.75) is 31.5 Å². The lowest BCUT2D eigenvalue weighted by molar-refractivity contribution is -0.128. The van der Waals surface area contributed by atoms with Crippen molar-refractivity contribution in [1.29, 1.82) is 0 Å². The minimum atomic E-state index is -1.18. The number of ether oxygens (including phenoxy) is 2. The molecule has 0 saturated carbocycles. The van der Waals surface area contributed by atoms with Gasteiger partial charge < -0.3 is 30.3 Å². The minimum absolute atomic E-state index is 0.0186. The first kappa shape index (κ1) is 27.9. The van der Waals surface area contributed by atoms with Crippen molar-refractivity contribution >= 4 is 28.9 Å². The van der Waals surface area contributed by atoms with Crippen molar-refractivity contribution in [2.24, 2.45) is 5.73 Å². The van der Waals surface area contributed by atoms with Gasteiger partial charge in [-0.3, -0.25) is 9.59 Å². The maximum Gasteiger partial charge on any atom is 0.408 e. The number of carbonyl (C=O) groups is 3. The number of methoxy groups -OCH3 is 1. The number of nitrogens with two attached hydrogens (primary N) is 1. The normalized spacial score (nSPS) is 12.2. The predicted molar refractivity (Wildman–Crippen MR) is 148 cm³/mol. The number of nitrogens with one attached hydrogen (secondary N) is 2. The zero-order chi connectivity index (χ0) is 28.5. The molecule has 0 aliphatic carbocycles. The second-order valence-corrected chi connectivity index (χ2v) is 9.07. The van der Waals surface area contributed by atoms with Crippen LogP contribution >= 0.6 is 0 Å². The Kier molecular flexibility index (Phi) is 9.14. The lowest BCUT2D eigenvalue weighted by Crippen LogP contribution is -2.54. The van der Waals surface area contributed by atoms with Crippen LogP contribution < -0.4 is 26.7 Å². The summed E-state index contributed by atoms with van der Waals surface area (Å²) in [5, 5.41) is 5.78. The average Bonchev–Trinajstić information content (AvgIpc) is 2.95. The molecule has 4 rings (SSSR count). The summed E-state index contributed by atoms with van der Waals surface area (Å²) in [5.41, 5.74) is 7.29. The molecule has 3 amide bonds. The van der Waals surface area contributed by atoms with Crippen LogP contribution in [0.25, 0.3) is 11.0 Å². The fraction of sp³-hybridized carbons (Fsp3) is 0.200. The van der Waals surface area contributed by atoms with Crippen molar-refractivity contribution in [3.8, 4) is 5.75 Å². The van der Waals surface area contributed by atoms with Crippen LogP contribution in [0.1, 0.15) is 16.7 Å². The van der Waals surface area contributed by atoms with Gasteiger partial charge >= 0.3 is 11.7 Å². The van der Waals surface area contributed by atoms with Gasteiger partial charge in [0.05, 0.1) is 7.11 Å². The number of rotatable bonds is 11. The second-order valence-electron chi connectivity index (χ2n) is 9.07. The Bertz CT molecular complexity index is 1540. The standard InChI is InChI=1S/C30H29N3O7/c1-38-22-12-13-23-21(16-27(34)40-26(23)17-22)15-24(28(31)35)32-29(36)25(14-19-8-4-2-5-9-19)33-30(37)39-18-20-10-6-3-7-11-20/h2-13,16-17,24-25H,14-15,18H2,1H3,(H2,31,35)(H,32,36)(H,33,37)/t24-,25+/m1/s1. The Hall–Kier alpha value is -5.12. The van der Waals surface area contributed by atoms with Crippen LogP contribution in [0.3, 0.4) is 0 Å². The highest BCUT2D eigenvalue weighted by Crippen LogP contribution is 2.23. The van der Waals surface area contributed by atoms with Gasteiger partial charge in [-0.15, -0.1) is 0 Å². The SMILES string of the molecule is COc1ccc2c(C[C@@H](NC(=O)[C@H](Cc3ccccc3)NC(=O)OCc3ccccc3)C(N)=O)cc(=O)oc2c1. The van der Waals surface area contributed by atoms with E-state index in [9.17, 15) is 19.2 Å². The Morgan fingerprint density at radius 2 is 1.52 bits per heavy atom. The molecule has 2 atom stereocenters. The molecule has 0 saturated heterocycles. The summed E-state index contributed by atoms with van der Waals surface area (Å²) in [5.74, 6) is -0.965. The van der Waals surface area contributed by atoms with E-state index in [0.29, 0.717) is 16.7 Å². The van der Waals surface area contributed by atoms with E-state index >= 15 is 0 Å². The molecular weight excluding hydrogens is 514 g/mol. The van der Waals surface area contributed by atoms with Crippen molar-refractivity contribution in [1.82, 2.24) is 10.6 Å². The van der Waals surface area contributed by atoms with Gasteiger partial charge in [-0.2, -0.15) is 0 Å². The minimum Gasteiger partial charge on any atom is -0.497 e. The van der Waals surface area contributed by atoms with Crippen molar-refractivity contribution in [3.63, 3.8) is 0 Å². The average molecular weight is 544 g/mol. The molecule has 206 valence electrons. The van der Waals surface area contributed by atoms with Gasteiger partial charge in [0.15, 0.2) is 0 Å². The summed E-state index contributed by atoms with van der Waals surface area (Å²) in [6.45, 7) is 0.0186. The number of hydrogen-bond donors (Lipinski definition) is 3. The summed E-state index contributed by atoms with van der Waals surface area (Å²) in [4.78, 5) is 50.6. The summed E-state index contributed by atoms with van der Waals surface area (Å²) in [6, 6.07) is 22.1. The summed E-state index contributed by atoms with van der Waals surface area (Å²) in [6.07, 6.45) is -0.737. The molecular formula is C30H29N3O7. The molecule has 0 spiro atoms. The zero-order valence-electron chi connectivity index (χ0n) is 21.8. The smallest absolute Gasteiger partial charge is 0.408 e. The molecule has 0 aliphatic heterocycles. The predicted octanol–water partition coefficient (Wildman–Crippen LogP) is 2.85. The van der Waals surface area contributed by atoms with Gasteiger partial charge in [0.2, 0.25) is 11.8 Å². The first-order valence-corrected chi connectivity index (χ1v) is 12.5. The second kappa shape index (κ2) is 13.1. The lowest BCUT2D eigenvalue weighted by Gasteiger charge is -2.22. The molecule has 10 nitrogen and oxygen atoms in total. The van der Waals surface area contributed by atoms with E-state index in [-0.39, 0.29) is 25.0 Å². The van der Waals surface area contributed by atoms with Crippen LogP contribution in [0.2, 0.25) is 0 Å². The fourth-order valence-corrected chi connectivity index (χ4v) is 4.19. The quantitative estimate of drug-likeness (QED) is 0.246. The number of amides is 3. The molecule has 0 unspecified atom stereocenters. The highest BCUT2D eigenvalue weighted by molar-refractivity contribution is 5.91. The van der Waals surface area contributed by atoms with Crippen molar-refractivity contribution < 1.29 is 28.3 Å². The van der Waals surface area contributed by atoms with E-state index in [1.165, 1.54) is 13.2 Å². The number of primary amides is 1. The van der Waals surface area contributed by atoms with Crippen LogP contribution in [-0.2, 0) is 33.8 Å². The summed E-state index contributed by atoms with van der Waals surface area (Å²) in [7, 11) is 1.49. The summed E-state index contributed by atoms with van der Waals surface area (Å²) >= 11 is 0. The third-order valence-corrected chi connectivity index (χ3v) is 6.23. The fourth-order valence-electron chi connectivity index (χ4n) is 4.19. The van der Waals surface area contributed by atoms with Gasteiger partial charge in [0, 0.05) is 30.4 Å². The first-order valence-electron chi connectivity index (χ1n) is 12.5. The number of alkyl carbamates (subject to hydrolysis) is 1. The molecule has 4 N–H and O–H groups in total. The topological polar surface area (TPSA) is 150 Å². The Morgan fingerprint density at radius 1 is 0.850 bits per heavy atom. The summed E-state index contributed by atoms with van der Waals surface area (Å²) < 4.78 is 15.8. The first-order chi connectivity index (χ1) is 19.3. The zero-order valence-corrected chi connectivity index (χ0v) is 21.8. The largest absolute Gasteiger partial charge is 0.497 e. The maximum absolute atomic E-state index is 13.4. The Morgan fingerprint density at radius 3 is 2.17 bits per heavy atom. The third-order valence-electron chi connectivity index (χ3n) is 6.23. The van der Waals surface area contributed by atoms with E-state index < -0.39 is 35.6 Å². The van der Waals surface area contributed by atoms with Crippen LogP contribution in [0.4, 0.5) is 4.79 Å². The molecule has 0 bridgehead atoms. The monoisotopic (exact) mass is 543 g/mol. The molecule has 0 radical (unpaired) electrons. The molecule has 4 aromatic rings. The van der Waals surface area contributed by atoms with E-state index in [2.05, 4.69) is 10.6 Å². The van der Waals surface area contributed by atoms with Crippen molar-refractivity contribution in [3.05, 3.63) is 112 Å². The number of benzene rings is 3. The molecule has 10 heteroatoms. The van der Waals surface area contributed by atoms with Crippen LogP contribution in [0, 0.1) is 0 Å². The Balaban J connectivity index is 1.52. The van der Waals surface area contributed by atoms with Gasteiger partial charge in [-0.25, -0.2) is 9.59 Å². The number of carbonyl (C=O) groups excluding carboxylic acids is 3. The molecule has 1 aromatic heterocycles. The van der Waals surface area contributed by atoms with E-state index in [1.54, 1.807) is 18.2 Å². The van der Waals surface area contributed by atoms with Crippen LogP contribution in [0.5, 0.6) is 5.75 Å². The van der Waals surface area contributed by atoms with Gasteiger partial charge in [-0.1, -0.05) is 60.7 Å².